The van der Waals surface area contributed by atoms with Crippen LogP contribution < -0.4 is 0 Å². The molecule has 8 heteroatoms. The SMILES string of the molecule is COCCN1CC[C@H](CN(C)C(=O)c2nnc3nc(C)ccn23)C1. The first-order chi connectivity index (χ1) is 11.6. The minimum absolute atomic E-state index is 0.122. The summed E-state index contributed by atoms with van der Waals surface area (Å²) in [5, 5.41) is 8.01. The van der Waals surface area contributed by atoms with E-state index in [0.29, 0.717) is 17.5 Å². The van der Waals surface area contributed by atoms with E-state index in [0.717, 1.165) is 44.9 Å². The molecule has 0 bridgehead atoms. The van der Waals surface area contributed by atoms with E-state index in [1.54, 1.807) is 22.6 Å². The van der Waals surface area contributed by atoms with E-state index in [9.17, 15) is 4.79 Å². The molecule has 0 N–H and O–H groups in total. The van der Waals surface area contributed by atoms with Gasteiger partial charge in [0.25, 0.3) is 11.7 Å². The molecule has 1 fully saturated rings. The highest BCUT2D eigenvalue weighted by Crippen LogP contribution is 2.17. The molecule has 1 aliphatic rings. The van der Waals surface area contributed by atoms with E-state index < -0.39 is 0 Å². The molecule has 1 saturated heterocycles. The van der Waals surface area contributed by atoms with Gasteiger partial charge in [-0.15, -0.1) is 10.2 Å². The van der Waals surface area contributed by atoms with E-state index in [-0.39, 0.29) is 5.91 Å². The smallest absolute Gasteiger partial charge is 0.291 e. The van der Waals surface area contributed by atoms with Gasteiger partial charge in [-0.3, -0.25) is 9.20 Å². The monoisotopic (exact) mass is 332 g/mol. The Morgan fingerprint density at radius 1 is 1.46 bits per heavy atom. The maximum atomic E-state index is 12.7. The Labute approximate surface area is 141 Å². The van der Waals surface area contributed by atoms with Crippen molar-refractivity contribution in [3.05, 3.63) is 23.8 Å². The summed E-state index contributed by atoms with van der Waals surface area (Å²) in [4.78, 5) is 21.1. The van der Waals surface area contributed by atoms with Crippen molar-refractivity contribution >= 4 is 11.7 Å². The zero-order chi connectivity index (χ0) is 17.1. The molecule has 1 atom stereocenters. The lowest BCUT2D eigenvalue weighted by Gasteiger charge is -2.21. The number of likely N-dealkylation sites (tertiary alicyclic amines) is 1. The van der Waals surface area contributed by atoms with Crippen molar-refractivity contribution in [2.24, 2.45) is 5.92 Å². The van der Waals surface area contributed by atoms with Crippen molar-refractivity contribution in [1.82, 2.24) is 29.4 Å². The zero-order valence-corrected chi connectivity index (χ0v) is 14.5. The molecule has 0 unspecified atom stereocenters. The summed E-state index contributed by atoms with van der Waals surface area (Å²) in [7, 11) is 3.54. The molecule has 8 nitrogen and oxygen atoms in total. The number of carbonyl (C=O) groups is 1. The van der Waals surface area contributed by atoms with Gasteiger partial charge in [0.05, 0.1) is 6.61 Å². The normalized spacial score (nSPS) is 18.4. The maximum absolute atomic E-state index is 12.7. The fraction of sp³-hybridized carbons (Fsp3) is 0.625. The molecular formula is C16H24N6O2. The number of fused-ring (bicyclic) bond motifs is 1. The summed E-state index contributed by atoms with van der Waals surface area (Å²) >= 11 is 0. The van der Waals surface area contributed by atoms with Gasteiger partial charge in [0, 0.05) is 45.7 Å². The van der Waals surface area contributed by atoms with Crippen LogP contribution >= 0.6 is 0 Å². The predicted molar refractivity (Wildman–Crippen MR) is 88.9 cm³/mol. The van der Waals surface area contributed by atoms with Gasteiger partial charge < -0.3 is 14.5 Å². The van der Waals surface area contributed by atoms with Crippen LogP contribution in [0.5, 0.6) is 0 Å². The molecule has 0 aliphatic carbocycles. The molecule has 0 saturated carbocycles. The van der Waals surface area contributed by atoms with Gasteiger partial charge >= 0.3 is 0 Å². The van der Waals surface area contributed by atoms with Crippen LogP contribution in [0.15, 0.2) is 12.3 Å². The van der Waals surface area contributed by atoms with Crippen LogP contribution in [0, 0.1) is 12.8 Å². The van der Waals surface area contributed by atoms with Crippen LogP contribution in [0.1, 0.15) is 22.7 Å². The second kappa shape index (κ2) is 7.23. The van der Waals surface area contributed by atoms with Gasteiger partial charge in [0.2, 0.25) is 5.82 Å². The Bertz CT molecular complexity index is 716. The fourth-order valence-electron chi connectivity index (χ4n) is 3.15. The molecule has 130 valence electrons. The fourth-order valence-corrected chi connectivity index (χ4v) is 3.15. The number of rotatable bonds is 6. The Hall–Kier alpha value is -2.06. The molecular weight excluding hydrogens is 308 g/mol. The third-order valence-electron chi connectivity index (χ3n) is 4.47. The first kappa shape index (κ1) is 16.8. The zero-order valence-electron chi connectivity index (χ0n) is 14.5. The Kier molecular flexibility index (Phi) is 5.06. The lowest BCUT2D eigenvalue weighted by atomic mass is 10.1. The lowest BCUT2D eigenvalue weighted by Crippen LogP contribution is -2.34. The van der Waals surface area contributed by atoms with Crippen molar-refractivity contribution in [3.63, 3.8) is 0 Å². The summed E-state index contributed by atoms with van der Waals surface area (Å²) in [5.74, 6) is 1.13. The third kappa shape index (κ3) is 3.54. The van der Waals surface area contributed by atoms with Gasteiger partial charge in [0.15, 0.2) is 0 Å². The Morgan fingerprint density at radius 3 is 3.08 bits per heavy atom. The molecule has 0 radical (unpaired) electrons. The number of amides is 1. The third-order valence-corrected chi connectivity index (χ3v) is 4.47. The molecule has 0 spiro atoms. The van der Waals surface area contributed by atoms with Gasteiger partial charge in [-0.1, -0.05) is 0 Å². The van der Waals surface area contributed by atoms with Crippen molar-refractivity contribution in [3.8, 4) is 0 Å². The van der Waals surface area contributed by atoms with Crippen molar-refractivity contribution < 1.29 is 9.53 Å². The van der Waals surface area contributed by atoms with E-state index in [4.69, 9.17) is 4.74 Å². The Balaban J connectivity index is 1.62. The topological polar surface area (TPSA) is 75.9 Å². The molecule has 2 aromatic heterocycles. The largest absolute Gasteiger partial charge is 0.383 e. The molecule has 1 amide bonds. The second-order valence-electron chi connectivity index (χ2n) is 6.40. The number of hydrogen-bond acceptors (Lipinski definition) is 6. The molecule has 0 aromatic carbocycles. The van der Waals surface area contributed by atoms with E-state index in [1.165, 1.54) is 0 Å². The Morgan fingerprint density at radius 2 is 2.29 bits per heavy atom. The summed E-state index contributed by atoms with van der Waals surface area (Å²) in [6.45, 7) is 6.37. The summed E-state index contributed by atoms with van der Waals surface area (Å²) in [6.07, 6.45) is 2.89. The van der Waals surface area contributed by atoms with Crippen LogP contribution in [0.25, 0.3) is 5.78 Å². The molecule has 3 rings (SSSR count). The van der Waals surface area contributed by atoms with E-state index in [1.807, 2.05) is 20.0 Å². The molecule has 3 heterocycles. The van der Waals surface area contributed by atoms with Gasteiger partial charge in [0.1, 0.15) is 0 Å². The number of ether oxygens (including phenoxy) is 1. The van der Waals surface area contributed by atoms with Gasteiger partial charge in [-0.25, -0.2) is 4.98 Å². The summed E-state index contributed by atoms with van der Waals surface area (Å²) in [5.41, 5.74) is 0.851. The quantitative estimate of drug-likeness (QED) is 0.765. The number of hydrogen-bond donors (Lipinski definition) is 0. The van der Waals surface area contributed by atoms with Crippen molar-refractivity contribution in [2.45, 2.75) is 13.3 Å². The average molecular weight is 332 g/mol. The number of carbonyl (C=O) groups excluding carboxylic acids is 1. The van der Waals surface area contributed by atoms with Crippen LogP contribution in [0.4, 0.5) is 0 Å². The molecule has 1 aliphatic heterocycles. The van der Waals surface area contributed by atoms with Gasteiger partial charge in [-0.05, 0) is 31.9 Å². The van der Waals surface area contributed by atoms with Crippen LogP contribution in [0.3, 0.4) is 0 Å². The average Bonchev–Trinajstić information content (AvgIpc) is 3.18. The van der Waals surface area contributed by atoms with Gasteiger partial charge in [-0.2, -0.15) is 0 Å². The van der Waals surface area contributed by atoms with E-state index in [2.05, 4.69) is 20.1 Å². The number of methoxy groups -OCH3 is 1. The van der Waals surface area contributed by atoms with E-state index >= 15 is 0 Å². The van der Waals surface area contributed by atoms with Crippen LogP contribution in [0.2, 0.25) is 0 Å². The van der Waals surface area contributed by atoms with Crippen LogP contribution in [-0.2, 0) is 4.74 Å². The highest BCUT2D eigenvalue weighted by atomic mass is 16.5. The summed E-state index contributed by atoms with van der Waals surface area (Å²) in [6, 6.07) is 1.85. The van der Waals surface area contributed by atoms with Crippen LogP contribution in [-0.4, -0.2) is 82.2 Å². The lowest BCUT2D eigenvalue weighted by molar-refractivity contribution is 0.0758. The number of nitrogens with zero attached hydrogens (tertiary/aromatic N) is 6. The first-order valence-electron chi connectivity index (χ1n) is 8.23. The maximum Gasteiger partial charge on any atom is 0.291 e. The molecule has 24 heavy (non-hydrogen) atoms. The first-order valence-corrected chi connectivity index (χ1v) is 8.23. The molecule has 2 aromatic rings. The highest BCUT2D eigenvalue weighted by Gasteiger charge is 2.26. The van der Waals surface area contributed by atoms with Crippen molar-refractivity contribution in [1.29, 1.82) is 0 Å². The minimum Gasteiger partial charge on any atom is -0.383 e. The highest BCUT2D eigenvalue weighted by molar-refractivity contribution is 5.91. The standard InChI is InChI=1S/C16H24N6O2/c1-12-4-7-22-14(18-19-16(22)17-12)15(23)20(2)10-13-5-6-21(11-13)8-9-24-3/h4,7,13H,5-6,8-11H2,1-3H3/t13-/m1/s1. The second-order valence-corrected chi connectivity index (χ2v) is 6.40. The minimum atomic E-state index is -0.122. The number of aryl methyl sites for hydroxylation is 1. The van der Waals surface area contributed by atoms with Crippen molar-refractivity contribution in [2.75, 3.05) is 46.9 Å². The number of aromatic nitrogens is 4. The summed E-state index contributed by atoms with van der Waals surface area (Å²) < 4.78 is 6.77. The predicted octanol–water partition coefficient (Wildman–Crippen LogP) is 0.473.